The van der Waals surface area contributed by atoms with Crippen LogP contribution in [0.2, 0.25) is 0 Å². The van der Waals surface area contributed by atoms with Crippen molar-refractivity contribution in [1.29, 1.82) is 0 Å². The number of aromatic nitrogens is 1. The summed E-state index contributed by atoms with van der Waals surface area (Å²) in [6, 6.07) is 5.32. The molecular weight excluding hydrogens is 268 g/mol. The lowest BCUT2D eigenvalue weighted by Crippen LogP contribution is -2.05. The Kier molecular flexibility index (Phi) is 4.52. The van der Waals surface area contributed by atoms with Crippen molar-refractivity contribution in [3.05, 3.63) is 41.2 Å². The fourth-order valence-electron chi connectivity index (χ4n) is 2.15. The Labute approximate surface area is 124 Å². The Morgan fingerprint density at radius 3 is 2.52 bits per heavy atom. The second kappa shape index (κ2) is 6.35. The highest BCUT2D eigenvalue weighted by atomic mass is 16.5. The third-order valence-corrected chi connectivity index (χ3v) is 3.33. The number of rotatable bonds is 5. The van der Waals surface area contributed by atoms with Crippen LogP contribution < -0.4 is 19.9 Å². The van der Waals surface area contributed by atoms with Gasteiger partial charge in [-0.25, -0.2) is 0 Å². The molecule has 1 heterocycles. The second-order valence-electron chi connectivity index (χ2n) is 4.74. The first kappa shape index (κ1) is 15.0. The first-order valence-corrected chi connectivity index (χ1v) is 6.62. The van der Waals surface area contributed by atoms with Gasteiger partial charge in [0.1, 0.15) is 23.9 Å². The lowest BCUT2D eigenvalue weighted by molar-refractivity contribution is 0.300. The number of hydrogen-bond acceptors (Lipinski definition) is 5. The topological polar surface area (TPSA) is 66.6 Å². The van der Waals surface area contributed by atoms with E-state index >= 15 is 0 Å². The van der Waals surface area contributed by atoms with Crippen LogP contribution >= 0.6 is 0 Å². The van der Waals surface area contributed by atoms with Crippen molar-refractivity contribution in [3.63, 3.8) is 0 Å². The van der Waals surface area contributed by atoms with Crippen molar-refractivity contribution in [2.75, 3.05) is 20.0 Å². The fraction of sp³-hybridized carbons (Fsp3) is 0.312. The van der Waals surface area contributed by atoms with Crippen LogP contribution in [0.3, 0.4) is 0 Å². The van der Waals surface area contributed by atoms with Gasteiger partial charge in [0.15, 0.2) is 0 Å². The van der Waals surface area contributed by atoms with Gasteiger partial charge in [-0.05, 0) is 26.0 Å². The summed E-state index contributed by atoms with van der Waals surface area (Å²) in [4.78, 5) is 4.39. The van der Waals surface area contributed by atoms with Crippen LogP contribution in [0.4, 0.5) is 5.69 Å². The van der Waals surface area contributed by atoms with Crippen molar-refractivity contribution < 1.29 is 14.2 Å². The normalized spacial score (nSPS) is 10.3. The van der Waals surface area contributed by atoms with Gasteiger partial charge in [-0.15, -0.1) is 0 Å². The molecule has 2 aromatic rings. The predicted molar refractivity (Wildman–Crippen MR) is 82.0 cm³/mol. The number of ether oxygens (including phenoxy) is 3. The van der Waals surface area contributed by atoms with Crippen LogP contribution in [0, 0.1) is 13.8 Å². The number of aryl methyl sites for hydroxylation is 1. The quantitative estimate of drug-likeness (QED) is 0.857. The van der Waals surface area contributed by atoms with Gasteiger partial charge < -0.3 is 19.9 Å². The SMILES string of the molecule is COc1ccc(OCc2ncc(C)c(OC)c2C)c(N)c1. The molecule has 5 heteroatoms. The maximum Gasteiger partial charge on any atom is 0.143 e. The molecule has 1 aromatic heterocycles. The summed E-state index contributed by atoms with van der Waals surface area (Å²) in [6.45, 7) is 4.26. The van der Waals surface area contributed by atoms with E-state index in [0.29, 0.717) is 23.8 Å². The van der Waals surface area contributed by atoms with Gasteiger partial charge in [0.2, 0.25) is 0 Å². The van der Waals surface area contributed by atoms with Crippen molar-refractivity contribution in [2.24, 2.45) is 0 Å². The van der Waals surface area contributed by atoms with Crippen LogP contribution in [0.15, 0.2) is 24.4 Å². The number of nitrogen functional groups attached to an aromatic ring is 1. The molecule has 112 valence electrons. The van der Waals surface area contributed by atoms with Gasteiger partial charge in [-0.1, -0.05) is 0 Å². The van der Waals surface area contributed by atoms with Gasteiger partial charge in [-0.3, -0.25) is 4.98 Å². The average molecular weight is 288 g/mol. The summed E-state index contributed by atoms with van der Waals surface area (Å²) in [5.74, 6) is 2.15. The standard InChI is InChI=1S/C16H20N2O3/c1-10-8-18-14(11(2)16(10)20-4)9-21-15-6-5-12(19-3)7-13(15)17/h5-8H,9,17H2,1-4H3. The lowest BCUT2D eigenvalue weighted by Gasteiger charge is -2.14. The molecule has 0 bridgehead atoms. The molecule has 1 aromatic carbocycles. The van der Waals surface area contributed by atoms with E-state index < -0.39 is 0 Å². The van der Waals surface area contributed by atoms with E-state index in [9.17, 15) is 0 Å². The second-order valence-corrected chi connectivity index (χ2v) is 4.74. The van der Waals surface area contributed by atoms with Crippen molar-refractivity contribution in [2.45, 2.75) is 20.5 Å². The molecule has 0 saturated carbocycles. The van der Waals surface area contributed by atoms with Crippen LogP contribution in [0.25, 0.3) is 0 Å². The number of nitrogens with two attached hydrogens (primary N) is 1. The first-order chi connectivity index (χ1) is 10.1. The molecule has 0 atom stereocenters. The minimum atomic E-state index is 0.332. The maximum atomic E-state index is 5.93. The third-order valence-electron chi connectivity index (χ3n) is 3.33. The summed E-state index contributed by atoms with van der Waals surface area (Å²) in [5, 5.41) is 0. The van der Waals surface area contributed by atoms with E-state index in [-0.39, 0.29) is 0 Å². The number of hydrogen-bond donors (Lipinski definition) is 1. The average Bonchev–Trinajstić information content (AvgIpc) is 2.48. The number of nitrogens with zero attached hydrogens (tertiary/aromatic N) is 1. The first-order valence-electron chi connectivity index (χ1n) is 6.62. The summed E-state index contributed by atoms with van der Waals surface area (Å²) < 4.78 is 16.2. The molecule has 0 aliphatic heterocycles. The van der Waals surface area contributed by atoms with Crippen LogP contribution in [-0.4, -0.2) is 19.2 Å². The van der Waals surface area contributed by atoms with E-state index in [4.69, 9.17) is 19.9 Å². The lowest BCUT2D eigenvalue weighted by atomic mass is 10.1. The molecule has 2 N–H and O–H groups in total. The van der Waals surface area contributed by atoms with Gasteiger partial charge >= 0.3 is 0 Å². The molecule has 0 spiro atoms. The summed E-state index contributed by atoms with van der Waals surface area (Å²) in [6.07, 6.45) is 1.78. The largest absolute Gasteiger partial charge is 0.497 e. The summed E-state index contributed by atoms with van der Waals surface area (Å²) in [7, 11) is 3.25. The highest BCUT2D eigenvalue weighted by Crippen LogP contribution is 2.28. The number of pyridine rings is 1. The van der Waals surface area contributed by atoms with Crippen LogP contribution in [-0.2, 0) is 6.61 Å². The van der Waals surface area contributed by atoms with Gasteiger partial charge in [-0.2, -0.15) is 0 Å². The van der Waals surface area contributed by atoms with Gasteiger partial charge in [0.25, 0.3) is 0 Å². The Bertz CT molecular complexity index is 642. The van der Waals surface area contributed by atoms with Crippen LogP contribution in [0.5, 0.6) is 17.2 Å². The van der Waals surface area contributed by atoms with Gasteiger partial charge in [0, 0.05) is 23.4 Å². The Hall–Kier alpha value is -2.43. The highest BCUT2D eigenvalue weighted by Gasteiger charge is 2.11. The Morgan fingerprint density at radius 1 is 1.14 bits per heavy atom. The zero-order valence-corrected chi connectivity index (χ0v) is 12.8. The summed E-state index contributed by atoms with van der Waals surface area (Å²) >= 11 is 0. The Morgan fingerprint density at radius 2 is 1.90 bits per heavy atom. The van der Waals surface area contributed by atoms with E-state index in [0.717, 1.165) is 22.6 Å². The molecule has 0 aliphatic rings. The number of methoxy groups -OCH3 is 2. The molecule has 2 rings (SSSR count). The predicted octanol–water partition coefficient (Wildman–Crippen LogP) is 2.88. The van der Waals surface area contributed by atoms with Crippen molar-refractivity contribution in [1.82, 2.24) is 4.98 Å². The van der Waals surface area contributed by atoms with Crippen molar-refractivity contribution >= 4 is 5.69 Å². The van der Waals surface area contributed by atoms with Crippen LogP contribution in [0.1, 0.15) is 16.8 Å². The minimum absolute atomic E-state index is 0.332. The molecule has 5 nitrogen and oxygen atoms in total. The molecule has 0 radical (unpaired) electrons. The molecule has 0 unspecified atom stereocenters. The van der Waals surface area contributed by atoms with Crippen molar-refractivity contribution in [3.8, 4) is 17.2 Å². The smallest absolute Gasteiger partial charge is 0.143 e. The molecule has 0 amide bonds. The van der Waals surface area contributed by atoms with E-state index in [1.807, 2.05) is 19.9 Å². The highest BCUT2D eigenvalue weighted by molar-refractivity contribution is 5.56. The molecule has 0 fully saturated rings. The zero-order chi connectivity index (χ0) is 15.4. The zero-order valence-electron chi connectivity index (χ0n) is 12.8. The van der Waals surface area contributed by atoms with E-state index in [1.165, 1.54) is 0 Å². The monoisotopic (exact) mass is 288 g/mol. The molecular formula is C16H20N2O3. The maximum absolute atomic E-state index is 5.93. The fourth-order valence-corrected chi connectivity index (χ4v) is 2.15. The van der Waals surface area contributed by atoms with Gasteiger partial charge in [0.05, 0.1) is 25.6 Å². The van der Waals surface area contributed by atoms with E-state index in [1.54, 1.807) is 32.5 Å². The number of benzene rings is 1. The molecule has 0 saturated heterocycles. The Balaban J connectivity index is 2.17. The van der Waals surface area contributed by atoms with E-state index in [2.05, 4.69) is 4.98 Å². The molecule has 0 aliphatic carbocycles. The third kappa shape index (κ3) is 3.18. The summed E-state index contributed by atoms with van der Waals surface area (Å²) in [5.41, 5.74) is 9.27. The number of anilines is 1. The molecule has 21 heavy (non-hydrogen) atoms. The minimum Gasteiger partial charge on any atom is -0.497 e.